The molecule has 4 rings (SSSR count). The molecule has 9 nitrogen and oxygen atoms in total. The number of amides is 1. The number of carbonyl (C=O) groups excluding carboxylic acids is 1. The number of aliphatic hydroxyl groups excluding tert-OH is 1. The number of aliphatic hydroxyl groups is 1. The number of halogens is 1. The van der Waals surface area contributed by atoms with Gasteiger partial charge >= 0.3 is 0 Å². The highest BCUT2D eigenvalue weighted by Gasteiger charge is 2.31. The topological polar surface area (TPSA) is 114 Å². The van der Waals surface area contributed by atoms with Gasteiger partial charge in [0.05, 0.1) is 25.2 Å². The first-order valence-electron chi connectivity index (χ1n) is 12.6. The van der Waals surface area contributed by atoms with Gasteiger partial charge < -0.3 is 24.6 Å². The maximum atomic E-state index is 13.2. The molecule has 2 N–H and O–H groups in total. The number of benzene rings is 2. The average Bonchev–Trinajstić information content (AvgIpc) is 3.76. The minimum absolute atomic E-state index is 0.00983. The molecule has 0 aromatic heterocycles. The number of rotatable bonds is 13. The summed E-state index contributed by atoms with van der Waals surface area (Å²) >= 11 is 2.25. The van der Waals surface area contributed by atoms with Gasteiger partial charge in [-0.2, -0.15) is 4.31 Å². The second-order valence-electron chi connectivity index (χ2n) is 9.30. The van der Waals surface area contributed by atoms with E-state index in [2.05, 4.69) is 27.9 Å². The molecule has 0 spiro atoms. The Morgan fingerprint density at radius 2 is 1.84 bits per heavy atom. The molecule has 2 atom stereocenters. The zero-order valence-electron chi connectivity index (χ0n) is 21.2. The zero-order chi connectivity index (χ0) is 27.1. The Morgan fingerprint density at radius 3 is 2.47 bits per heavy atom. The summed E-state index contributed by atoms with van der Waals surface area (Å²) in [5, 5.41) is 12.4. The van der Waals surface area contributed by atoms with Crippen LogP contribution in [-0.2, 0) is 24.3 Å². The summed E-state index contributed by atoms with van der Waals surface area (Å²) in [6.45, 7) is 0.242. The van der Waals surface area contributed by atoms with Gasteiger partial charge in [0.25, 0.3) is 5.91 Å². The monoisotopic (exact) mass is 656 g/mol. The smallest absolute Gasteiger partial charge is 0.286 e. The van der Waals surface area contributed by atoms with Crippen LogP contribution in [0.25, 0.3) is 0 Å². The van der Waals surface area contributed by atoms with Gasteiger partial charge in [-0.05, 0) is 89.4 Å². The van der Waals surface area contributed by atoms with E-state index < -0.39 is 16.3 Å². The molecule has 2 aromatic rings. The van der Waals surface area contributed by atoms with Crippen LogP contribution in [0.1, 0.15) is 30.7 Å². The van der Waals surface area contributed by atoms with Crippen molar-refractivity contribution in [3.63, 3.8) is 0 Å². The van der Waals surface area contributed by atoms with Crippen LogP contribution >= 0.6 is 22.6 Å². The first kappa shape index (κ1) is 28.8. The third-order valence-electron chi connectivity index (χ3n) is 6.52. The Morgan fingerprint density at radius 1 is 1.13 bits per heavy atom. The molecule has 1 amide bonds. The van der Waals surface area contributed by atoms with Crippen LogP contribution in [0.2, 0.25) is 0 Å². The van der Waals surface area contributed by atoms with Gasteiger partial charge in [0.2, 0.25) is 16.3 Å². The third-order valence-corrected chi connectivity index (χ3v) is 9.15. The number of methoxy groups -OCH3 is 1. The molecule has 38 heavy (non-hydrogen) atoms. The van der Waals surface area contributed by atoms with Crippen LogP contribution in [0.5, 0.6) is 5.75 Å². The van der Waals surface area contributed by atoms with Crippen LogP contribution in [-0.4, -0.2) is 70.0 Å². The zero-order valence-corrected chi connectivity index (χ0v) is 24.2. The maximum absolute atomic E-state index is 13.2. The summed E-state index contributed by atoms with van der Waals surface area (Å²) in [7, 11) is -2.36. The Labute approximate surface area is 237 Å². The highest BCUT2D eigenvalue weighted by Crippen LogP contribution is 2.32. The number of nitrogens with zero attached hydrogens (tertiary/aromatic N) is 1. The van der Waals surface area contributed by atoms with E-state index in [1.807, 2.05) is 30.3 Å². The van der Waals surface area contributed by atoms with Crippen molar-refractivity contribution in [2.45, 2.75) is 36.4 Å². The predicted molar refractivity (Wildman–Crippen MR) is 150 cm³/mol. The van der Waals surface area contributed by atoms with Crippen LogP contribution in [0.4, 0.5) is 0 Å². The highest BCUT2D eigenvalue weighted by atomic mass is 127. The molecule has 0 radical (unpaired) electrons. The van der Waals surface area contributed by atoms with E-state index >= 15 is 0 Å². The molecule has 0 bridgehead atoms. The second-order valence-corrected chi connectivity index (χ2v) is 12.5. The summed E-state index contributed by atoms with van der Waals surface area (Å²) in [5.74, 6) is 0.924. The van der Waals surface area contributed by atoms with Crippen molar-refractivity contribution in [3.8, 4) is 5.75 Å². The van der Waals surface area contributed by atoms with Crippen molar-refractivity contribution in [3.05, 3.63) is 69.5 Å². The van der Waals surface area contributed by atoms with E-state index in [1.165, 1.54) is 23.5 Å². The summed E-state index contributed by atoms with van der Waals surface area (Å²) in [6, 6.07) is 14.1. The Balaban J connectivity index is 1.42. The molecular formula is C27H33IN2O7S. The van der Waals surface area contributed by atoms with Gasteiger partial charge in [-0.25, -0.2) is 8.42 Å². The minimum Gasteiger partial charge on any atom is -0.497 e. The van der Waals surface area contributed by atoms with Crippen LogP contribution < -0.4 is 10.1 Å². The number of carbonyl (C=O) groups is 1. The first-order chi connectivity index (χ1) is 18.3. The van der Waals surface area contributed by atoms with Crippen molar-refractivity contribution in [1.82, 2.24) is 9.62 Å². The first-order valence-corrected chi connectivity index (χ1v) is 15.1. The van der Waals surface area contributed by atoms with Crippen LogP contribution in [0.15, 0.2) is 65.3 Å². The third kappa shape index (κ3) is 7.69. The van der Waals surface area contributed by atoms with Crippen molar-refractivity contribution in [2.75, 3.05) is 40.0 Å². The van der Waals surface area contributed by atoms with E-state index in [0.717, 1.165) is 22.0 Å². The van der Waals surface area contributed by atoms with Gasteiger partial charge in [0.1, 0.15) is 5.75 Å². The van der Waals surface area contributed by atoms with E-state index in [-0.39, 0.29) is 48.8 Å². The fourth-order valence-electron chi connectivity index (χ4n) is 4.15. The van der Waals surface area contributed by atoms with Gasteiger partial charge in [0.15, 0.2) is 5.76 Å². The van der Waals surface area contributed by atoms with Crippen molar-refractivity contribution in [2.24, 2.45) is 5.92 Å². The molecule has 1 fully saturated rings. The molecule has 2 aromatic carbocycles. The van der Waals surface area contributed by atoms with Gasteiger partial charge in [-0.3, -0.25) is 4.79 Å². The Kier molecular flexibility index (Phi) is 10.0. The lowest BCUT2D eigenvalue weighted by molar-refractivity contribution is -0.146. The Bertz CT molecular complexity index is 1210. The predicted octanol–water partition coefficient (Wildman–Crippen LogP) is 3.24. The lowest BCUT2D eigenvalue weighted by Gasteiger charge is -2.30. The minimum atomic E-state index is -3.86. The maximum Gasteiger partial charge on any atom is 0.286 e. The molecule has 1 aliphatic heterocycles. The van der Waals surface area contributed by atoms with Gasteiger partial charge in [-0.15, -0.1) is 0 Å². The van der Waals surface area contributed by atoms with E-state index in [0.29, 0.717) is 24.6 Å². The molecule has 2 aliphatic rings. The number of sulfonamides is 1. The number of allylic oxidation sites excluding steroid dienone is 1. The Hall–Kier alpha value is -2.19. The van der Waals surface area contributed by atoms with Crippen LogP contribution in [0.3, 0.4) is 0 Å². The standard InChI is InChI=1S/C27H33IN2O7S/c1-35-23-8-10-24(11-9-23)38(33,34)30(12-14-31)13-15-36-26-17-21(20-4-6-22(28)7-5-20)16-25(37-26)27(32)29-18-19-2-3-19/h4-11,16,19,21,26,31H,2-3,12-15,17-18H2,1H3,(H,29,32)/t21-,26+/m0/s1. The molecule has 1 heterocycles. The largest absolute Gasteiger partial charge is 0.497 e. The van der Waals surface area contributed by atoms with E-state index in [1.54, 1.807) is 12.1 Å². The molecular weight excluding hydrogens is 623 g/mol. The van der Waals surface area contributed by atoms with E-state index in [4.69, 9.17) is 14.2 Å². The molecule has 206 valence electrons. The summed E-state index contributed by atoms with van der Waals surface area (Å²) in [5.41, 5.74) is 1.04. The fraction of sp³-hybridized carbons (Fsp3) is 0.444. The molecule has 0 saturated heterocycles. The quantitative estimate of drug-likeness (QED) is 0.319. The fourth-order valence-corrected chi connectivity index (χ4v) is 5.93. The molecule has 1 aliphatic carbocycles. The number of hydrogen-bond acceptors (Lipinski definition) is 7. The van der Waals surface area contributed by atoms with Crippen LogP contribution in [0, 0.1) is 9.49 Å². The highest BCUT2D eigenvalue weighted by molar-refractivity contribution is 14.1. The molecule has 1 saturated carbocycles. The van der Waals surface area contributed by atoms with Crippen molar-refractivity contribution >= 4 is 38.5 Å². The lowest BCUT2D eigenvalue weighted by atomic mass is 9.93. The summed E-state index contributed by atoms with van der Waals surface area (Å²) in [4.78, 5) is 12.9. The lowest BCUT2D eigenvalue weighted by Crippen LogP contribution is -2.38. The van der Waals surface area contributed by atoms with Crippen molar-refractivity contribution in [1.29, 1.82) is 0 Å². The van der Waals surface area contributed by atoms with E-state index in [9.17, 15) is 18.3 Å². The van der Waals surface area contributed by atoms with Crippen molar-refractivity contribution < 1.29 is 32.5 Å². The number of nitrogens with one attached hydrogen (secondary N) is 1. The SMILES string of the molecule is COc1ccc(S(=O)(=O)N(CCO)CCO[C@H]2C[C@@H](c3ccc(I)cc3)C=C(C(=O)NCC3CC3)O2)cc1. The number of ether oxygens (including phenoxy) is 3. The second kappa shape index (κ2) is 13.2. The average molecular weight is 657 g/mol. The molecule has 0 unspecified atom stereocenters. The number of hydrogen-bond donors (Lipinski definition) is 2. The van der Waals surface area contributed by atoms with Gasteiger partial charge in [-0.1, -0.05) is 12.1 Å². The normalized spacial score (nSPS) is 19.5. The molecule has 11 heteroatoms. The van der Waals surface area contributed by atoms with Gasteiger partial charge in [0, 0.05) is 35.5 Å². The summed E-state index contributed by atoms with van der Waals surface area (Å²) in [6.07, 6.45) is 3.83. The summed E-state index contributed by atoms with van der Waals surface area (Å²) < 4.78 is 45.6.